The topological polar surface area (TPSA) is 108 Å². The van der Waals surface area contributed by atoms with Crippen molar-refractivity contribution in [3.63, 3.8) is 0 Å². The molecule has 2 amide bonds. The first-order chi connectivity index (χ1) is 19.0. The van der Waals surface area contributed by atoms with E-state index in [0.29, 0.717) is 22.3 Å². The molecule has 5 rings (SSSR count). The van der Waals surface area contributed by atoms with Gasteiger partial charge in [-0.3, -0.25) is 9.59 Å². The second kappa shape index (κ2) is 10.7. The number of nitrogens with zero attached hydrogens (tertiary/aromatic N) is 2. The Morgan fingerprint density at radius 1 is 1.12 bits per heavy atom. The van der Waals surface area contributed by atoms with Gasteiger partial charge in [-0.2, -0.15) is 8.78 Å². The lowest BCUT2D eigenvalue weighted by Gasteiger charge is -2.42. The Labute approximate surface area is 225 Å². The summed E-state index contributed by atoms with van der Waals surface area (Å²) in [5.74, 6) is -4.37. The number of H-pyrrole nitrogens is 1. The van der Waals surface area contributed by atoms with Crippen LogP contribution < -0.4 is 10.1 Å². The minimum Gasteiger partial charge on any atom is -0.435 e. The van der Waals surface area contributed by atoms with Gasteiger partial charge < -0.3 is 25.0 Å². The van der Waals surface area contributed by atoms with E-state index in [-0.39, 0.29) is 37.4 Å². The molecule has 0 radical (unpaired) electrons. The Morgan fingerprint density at radius 2 is 1.82 bits per heavy atom. The number of hydrogen-bond acceptors (Lipinski definition) is 5. The van der Waals surface area contributed by atoms with Crippen molar-refractivity contribution in [3.05, 3.63) is 53.7 Å². The van der Waals surface area contributed by atoms with Crippen LogP contribution in [0.3, 0.4) is 0 Å². The predicted molar refractivity (Wildman–Crippen MR) is 134 cm³/mol. The molecule has 3 heterocycles. The molecular weight excluding hydrogens is 539 g/mol. The zero-order chi connectivity index (χ0) is 28.7. The maximum absolute atomic E-state index is 14.7. The van der Waals surface area contributed by atoms with Crippen LogP contribution in [0.25, 0.3) is 11.0 Å². The van der Waals surface area contributed by atoms with Crippen LogP contribution in [-0.2, 0) is 21.6 Å². The van der Waals surface area contributed by atoms with Gasteiger partial charge in [-0.25, -0.2) is 18.2 Å². The average molecular weight is 567 g/mol. The number of anilines is 1. The molecular formula is C27H27F5N4O4. The Bertz CT molecular complexity index is 1390. The Morgan fingerprint density at radius 3 is 2.48 bits per heavy atom. The highest BCUT2D eigenvalue weighted by Gasteiger charge is 2.53. The van der Waals surface area contributed by atoms with E-state index in [0.717, 1.165) is 4.90 Å². The molecule has 40 heavy (non-hydrogen) atoms. The van der Waals surface area contributed by atoms with Gasteiger partial charge in [0.05, 0.1) is 29.6 Å². The van der Waals surface area contributed by atoms with Gasteiger partial charge in [0.1, 0.15) is 23.8 Å². The first kappa shape index (κ1) is 27.8. The van der Waals surface area contributed by atoms with E-state index in [4.69, 9.17) is 0 Å². The second-order valence-electron chi connectivity index (χ2n) is 10.2. The van der Waals surface area contributed by atoms with E-state index in [1.807, 2.05) is 0 Å². The third-order valence-corrected chi connectivity index (χ3v) is 7.64. The van der Waals surface area contributed by atoms with Gasteiger partial charge >= 0.3 is 6.61 Å². The summed E-state index contributed by atoms with van der Waals surface area (Å²) < 4.78 is 72.7. The number of benzene rings is 1. The lowest BCUT2D eigenvalue weighted by molar-refractivity contribution is -0.146. The van der Waals surface area contributed by atoms with E-state index in [1.165, 1.54) is 30.3 Å². The van der Waals surface area contributed by atoms with Crippen molar-refractivity contribution in [2.45, 2.75) is 68.9 Å². The zero-order valence-corrected chi connectivity index (χ0v) is 21.2. The fraction of sp³-hybridized carbons (Fsp3) is 0.444. The number of aromatic amines is 1. The maximum Gasteiger partial charge on any atom is 0.387 e. The molecule has 1 aromatic carbocycles. The summed E-state index contributed by atoms with van der Waals surface area (Å²) in [6.45, 7) is -3.69. The highest BCUT2D eigenvalue weighted by molar-refractivity contribution is 5.99. The Kier molecular flexibility index (Phi) is 7.42. The van der Waals surface area contributed by atoms with Gasteiger partial charge in [0.15, 0.2) is 0 Å². The molecule has 214 valence electrons. The number of fused-ring (bicyclic) bond motifs is 1. The van der Waals surface area contributed by atoms with E-state index >= 15 is 0 Å². The summed E-state index contributed by atoms with van der Waals surface area (Å²) >= 11 is 0. The van der Waals surface area contributed by atoms with E-state index in [2.05, 4.69) is 20.0 Å². The highest BCUT2D eigenvalue weighted by Crippen LogP contribution is 2.47. The molecule has 3 N–H and O–H groups in total. The number of likely N-dealkylation sites (tertiary alicyclic amines) is 1. The van der Waals surface area contributed by atoms with Crippen molar-refractivity contribution >= 4 is 28.7 Å². The fourth-order valence-corrected chi connectivity index (χ4v) is 5.59. The van der Waals surface area contributed by atoms with Crippen LogP contribution in [0.4, 0.5) is 27.8 Å². The Hall–Kier alpha value is -3.74. The molecule has 0 unspecified atom stereocenters. The van der Waals surface area contributed by atoms with Crippen LogP contribution in [0.5, 0.6) is 5.75 Å². The molecule has 1 aliphatic heterocycles. The van der Waals surface area contributed by atoms with Crippen LogP contribution in [0.15, 0.2) is 42.5 Å². The largest absolute Gasteiger partial charge is 0.435 e. The number of hydrogen-bond donors (Lipinski definition) is 3. The zero-order valence-electron chi connectivity index (χ0n) is 21.2. The van der Waals surface area contributed by atoms with Crippen molar-refractivity contribution in [3.8, 4) is 5.75 Å². The summed E-state index contributed by atoms with van der Waals surface area (Å²) in [6, 6.07) is 8.72. The van der Waals surface area contributed by atoms with Crippen LogP contribution in [-0.4, -0.2) is 63.1 Å². The number of carbonyl (C=O) groups excluding carboxylic acids is 2. The number of carbonyl (C=O) groups is 2. The number of rotatable bonds is 7. The summed E-state index contributed by atoms with van der Waals surface area (Å²) in [5, 5.41) is 11.9. The minimum absolute atomic E-state index is 0.150. The molecule has 13 heteroatoms. The quantitative estimate of drug-likeness (QED) is 0.360. The molecule has 2 aromatic heterocycles. The van der Waals surface area contributed by atoms with Crippen molar-refractivity contribution in [1.29, 1.82) is 0 Å². The third kappa shape index (κ3) is 5.47. The number of aliphatic hydroxyl groups is 1. The normalized spacial score (nSPS) is 22.0. The van der Waals surface area contributed by atoms with Crippen molar-refractivity contribution in [1.82, 2.24) is 14.9 Å². The van der Waals surface area contributed by atoms with Gasteiger partial charge in [-0.1, -0.05) is 12.1 Å². The monoisotopic (exact) mass is 566 g/mol. The molecule has 2 aliphatic rings. The minimum atomic E-state index is -3.07. The van der Waals surface area contributed by atoms with Crippen molar-refractivity contribution < 1.29 is 41.4 Å². The molecule has 3 aromatic rings. The van der Waals surface area contributed by atoms with Crippen LogP contribution in [0.1, 0.15) is 43.4 Å². The average Bonchev–Trinajstić information content (AvgIpc) is 3.51. The van der Waals surface area contributed by atoms with Gasteiger partial charge in [0, 0.05) is 25.0 Å². The van der Waals surface area contributed by atoms with Crippen LogP contribution >= 0.6 is 0 Å². The number of ether oxygens (including phenoxy) is 1. The first-order valence-electron chi connectivity index (χ1n) is 12.8. The highest BCUT2D eigenvalue weighted by atomic mass is 19.3. The molecule has 0 bridgehead atoms. The lowest BCUT2D eigenvalue weighted by atomic mass is 9.67. The first-order valence-corrected chi connectivity index (χ1v) is 12.8. The van der Waals surface area contributed by atoms with Gasteiger partial charge in [0.25, 0.3) is 0 Å². The van der Waals surface area contributed by atoms with Crippen LogP contribution in [0, 0.1) is 0 Å². The van der Waals surface area contributed by atoms with E-state index in [9.17, 15) is 36.6 Å². The standard InChI is InChI=1S/C27H27F5N4O4/c28-16-11-21(23(38)35-22-6-5-19-20(34-22)12-17(14-37)33-19)36(13-16)24(39)26(7-9-27(31,32)10-8-26)15-1-3-18(4-2-15)40-25(29)30/h1-6,12,16,21,25,33,37H,7-11,13-14H2,(H,34,35,38)/t16-,21-/m1/s1. The second-order valence-corrected chi connectivity index (χ2v) is 10.2. The SMILES string of the molecule is O=C(Nc1ccc2[nH]c(CO)cc2n1)[C@H]1C[C@@H](F)CN1C(=O)C1(c2ccc(OC(F)F)cc2)CCC(F)(F)CC1. The summed E-state index contributed by atoms with van der Waals surface area (Å²) in [5.41, 5.74) is 0.429. The Balaban J connectivity index is 1.41. The van der Waals surface area contributed by atoms with Crippen molar-refractivity contribution in [2.75, 3.05) is 11.9 Å². The van der Waals surface area contributed by atoms with E-state index < -0.39 is 61.4 Å². The predicted octanol–water partition coefficient (Wildman–Crippen LogP) is 4.68. The number of alkyl halides is 5. The van der Waals surface area contributed by atoms with Gasteiger partial charge in [0.2, 0.25) is 17.7 Å². The number of pyridine rings is 1. The molecule has 8 nitrogen and oxygen atoms in total. The smallest absolute Gasteiger partial charge is 0.387 e. The molecule has 2 atom stereocenters. The third-order valence-electron chi connectivity index (χ3n) is 7.64. The van der Waals surface area contributed by atoms with Gasteiger partial charge in [-0.15, -0.1) is 0 Å². The molecule has 2 fully saturated rings. The van der Waals surface area contributed by atoms with Crippen LogP contribution in [0.2, 0.25) is 0 Å². The molecule has 0 spiro atoms. The van der Waals surface area contributed by atoms with Gasteiger partial charge in [-0.05, 0) is 48.7 Å². The molecule has 1 aliphatic carbocycles. The van der Waals surface area contributed by atoms with Crippen molar-refractivity contribution in [2.24, 2.45) is 0 Å². The number of aromatic nitrogens is 2. The summed E-state index contributed by atoms with van der Waals surface area (Å²) in [7, 11) is 0. The number of aliphatic hydroxyl groups excluding tert-OH is 1. The molecule has 1 saturated carbocycles. The molecule has 1 saturated heterocycles. The maximum atomic E-state index is 14.7. The van der Waals surface area contributed by atoms with E-state index in [1.54, 1.807) is 12.1 Å². The summed E-state index contributed by atoms with van der Waals surface area (Å²) in [4.78, 5) is 35.7. The fourth-order valence-electron chi connectivity index (χ4n) is 5.59. The summed E-state index contributed by atoms with van der Waals surface area (Å²) in [6.07, 6.45) is -3.55. The number of nitrogens with one attached hydrogen (secondary N) is 2. The number of amides is 2. The number of halogens is 5. The lowest BCUT2D eigenvalue weighted by Crippen LogP contribution is -2.54.